The van der Waals surface area contributed by atoms with E-state index in [-0.39, 0.29) is 12.3 Å². The van der Waals surface area contributed by atoms with E-state index in [9.17, 15) is 9.90 Å². The molecule has 2 aromatic carbocycles. The highest BCUT2D eigenvalue weighted by Crippen LogP contribution is 2.32. The molecule has 6 nitrogen and oxygen atoms in total. The molecule has 0 fully saturated rings. The Bertz CT molecular complexity index is 1220. The number of benzene rings is 2. The van der Waals surface area contributed by atoms with Crippen LogP contribution in [0.4, 0.5) is 0 Å². The van der Waals surface area contributed by atoms with Crippen molar-refractivity contribution in [1.82, 2.24) is 4.57 Å². The predicted molar refractivity (Wildman–Crippen MR) is 104 cm³/mol. The van der Waals surface area contributed by atoms with E-state index in [0.29, 0.717) is 25.9 Å². The molecule has 27 heavy (non-hydrogen) atoms. The zero-order chi connectivity index (χ0) is 19.0. The zero-order valence-corrected chi connectivity index (χ0v) is 15.5. The molecule has 0 amide bonds. The summed E-state index contributed by atoms with van der Waals surface area (Å²) in [5.74, 6) is -0.381. The molecule has 0 aliphatic carbocycles. The Kier molecular flexibility index (Phi) is 4.43. The van der Waals surface area contributed by atoms with Gasteiger partial charge in [0, 0.05) is 6.08 Å². The number of nitrogens with zero attached hydrogens (tertiary/aromatic N) is 3. The van der Waals surface area contributed by atoms with Gasteiger partial charge < -0.3 is 10.2 Å². The lowest BCUT2D eigenvalue weighted by atomic mass is 10.1. The Morgan fingerprint density at radius 1 is 1.11 bits per heavy atom. The predicted octanol–water partition coefficient (Wildman–Crippen LogP) is 2.85. The number of aliphatic carboxylic acids is 1. The van der Waals surface area contributed by atoms with Crippen molar-refractivity contribution >= 4 is 35.6 Å². The van der Waals surface area contributed by atoms with Crippen molar-refractivity contribution in [3.8, 4) is 11.6 Å². The van der Waals surface area contributed by atoms with Gasteiger partial charge in [-0.3, -0.25) is 9.36 Å². The van der Waals surface area contributed by atoms with E-state index in [1.165, 1.54) is 11.3 Å². The van der Waals surface area contributed by atoms with E-state index < -0.39 is 5.97 Å². The first kappa shape index (κ1) is 17.3. The second kappa shape index (κ2) is 6.90. The summed E-state index contributed by atoms with van der Waals surface area (Å²) in [5, 5.41) is 21.1. The molecular weight excluding hydrogens is 382 g/mol. The summed E-state index contributed by atoms with van der Waals surface area (Å²) in [6.45, 7) is 0. The highest BCUT2D eigenvalue weighted by Gasteiger charge is 2.14. The number of para-hydroxylation sites is 2. The summed E-state index contributed by atoms with van der Waals surface area (Å²) in [7, 11) is 0. The maximum absolute atomic E-state index is 10.8. The van der Waals surface area contributed by atoms with E-state index >= 15 is 0 Å². The molecule has 1 aliphatic rings. The van der Waals surface area contributed by atoms with Gasteiger partial charge in [-0.15, -0.1) is 11.3 Å². The second-order valence-electron chi connectivity index (χ2n) is 5.84. The van der Waals surface area contributed by atoms with Gasteiger partial charge in [0.05, 0.1) is 27.7 Å². The standard InChI is InChI=1S/C19H13N3O3S2/c23-17(24)9-11-5-7-12(8-6-11)22-18(25)15(27-19(22)26)10-16-20-13-3-1-2-4-14(13)21-16/h1-8,10,25H,9H2,(H,23,24). The first-order chi connectivity index (χ1) is 13.0. The second-order valence-corrected chi connectivity index (χ2v) is 7.52. The summed E-state index contributed by atoms with van der Waals surface area (Å²) in [5.41, 5.74) is 1.34. The van der Waals surface area contributed by atoms with Gasteiger partial charge >= 0.3 is 5.97 Å². The number of hydrogen-bond acceptors (Lipinski definition) is 6. The molecule has 0 spiro atoms. The maximum Gasteiger partial charge on any atom is 0.307 e. The SMILES string of the molecule is O=C(O)Cc1ccc(-n2c(O)c(C=C3N=c4ccccc4=N3)sc2=S)cc1. The Balaban J connectivity index is 1.71. The molecule has 1 aromatic heterocycles. The summed E-state index contributed by atoms with van der Waals surface area (Å²) in [6.07, 6.45) is 1.65. The van der Waals surface area contributed by atoms with Crippen LogP contribution in [0.25, 0.3) is 11.8 Å². The molecule has 0 saturated heterocycles. The van der Waals surface area contributed by atoms with Gasteiger partial charge in [0.25, 0.3) is 0 Å². The average Bonchev–Trinajstić information content (AvgIpc) is 3.16. The van der Waals surface area contributed by atoms with E-state index in [1.54, 1.807) is 34.9 Å². The summed E-state index contributed by atoms with van der Waals surface area (Å²) in [6, 6.07) is 14.4. The Morgan fingerprint density at radius 3 is 2.33 bits per heavy atom. The largest absolute Gasteiger partial charge is 0.493 e. The number of aromatic hydroxyl groups is 1. The monoisotopic (exact) mass is 395 g/mol. The van der Waals surface area contributed by atoms with Crippen LogP contribution < -0.4 is 10.7 Å². The third-order valence-electron chi connectivity index (χ3n) is 3.97. The van der Waals surface area contributed by atoms with Crippen LogP contribution in [-0.4, -0.2) is 20.7 Å². The summed E-state index contributed by atoms with van der Waals surface area (Å²) in [4.78, 5) is 20.2. The van der Waals surface area contributed by atoms with Gasteiger partial charge in [0.15, 0.2) is 9.78 Å². The molecule has 0 unspecified atom stereocenters. The van der Waals surface area contributed by atoms with Crippen molar-refractivity contribution in [2.75, 3.05) is 0 Å². The highest BCUT2D eigenvalue weighted by atomic mass is 32.1. The molecule has 0 bridgehead atoms. The zero-order valence-electron chi connectivity index (χ0n) is 13.9. The first-order valence-corrected chi connectivity index (χ1v) is 9.24. The van der Waals surface area contributed by atoms with Gasteiger partial charge in [-0.1, -0.05) is 24.3 Å². The molecule has 8 heteroatoms. The first-order valence-electron chi connectivity index (χ1n) is 8.01. The van der Waals surface area contributed by atoms with Gasteiger partial charge in [0.1, 0.15) is 0 Å². The van der Waals surface area contributed by atoms with Crippen molar-refractivity contribution < 1.29 is 15.0 Å². The fourth-order valence-corrected chi connectivity index (χ4v) is 4.03. The lowest BCUT2D eigenvalue weighted by Crippen LogP contribution is -2.19. The van der Waals surface area contributed by atoms with Crippen LogP contribution >= 0.6 is 23.6 Å². The minimum Gasteiger partial charge on any atom is -0.493 e. The smallest absolute Gasteiger partial charge is 0.307 e. The molecule has 4 rings (SSSR count). The quantitative estimate of drug-likeness (QED) is 0.665. The Labute approximate surface area is 162 Å². The van der Waals surface area contributed by atoms with Crippen LogP contribution in [0, 0.1) is 3.95 Å². The van der Waals surface area contributed by atoms with Crippen LogP contribution in [0.5, 0.6) is 5.88 Å². The number of fused-ring (bicyclic) bond motifs is 1. The number of thiazole rings is 1. The van der Waals surface area contributed by atoms with E-state index in [1.807, 2.05) is 24.3 Å². The fraction of sp³-hybridized carbons (Fsp3) is 0.0526. The number of carbonyl (C=O) groups is 1. The van der Waals surface area contributed by atoms with E-state index in [0.717, 1.165) is 10.7 Å². The summed E-state index contributed by atoms with van der Waals surface area (Å²) >= 11 is 6.65. The molecule has 3 aromatic rings. The number of aromatic nitrogens is 1. The van der Waals surface area contributed by atoms with Crippen LogP contribution in [0.3, 0.4) is 0 Å². The summed E-state index contributed by atoms with van der Waals surface area (Å²) < 4.78 is 2.01. The maximum atomic E-state index is 10.8. The van der Waals surface area contributed by atoms with Gasteiger partial charge in [-0.2, -0.15) is 0 Å². The molecule has 0 atom stereocenters. The van der Waals surface area contributed by atoms with Crippen LogP contribution in [0.2, 0.25) is 0 Å². The Hall–Kier alpha value is -3.10. The lowest BCUT2D eigenvalue weighted by molar-refractivity contribution is -0.136. The van der Waals surface area contributed by atoms with Crippen molar-refractivity contribution in [2.45, 2.75) is 6.42 Å². The van der Waals surface area contributed by atoms with Crippen LogP contribution in [0.15, 0.2) is 64.3 Å². The molecule has 1 aliphatic heterocycles. The number of rotatable bonds is 4. The van der Waals surface area contributed by atoms with Gasteiger partial charge in [-0.25, -0.2) is 9.98 Å². The number of hydrogen-bond donors (Lipinski definition) is 2. The van der Waals surface area contributed by atoms with Crippen molar-refractivity contribution in [2.24, 2.45) is 9.98 Å². The molecule has 134 valence electrons. The Morgan fingerprint density at radius 2 is 1.74 bits per heavy atom. The third-order valence-corrected chi connectivity index (χ3v) is 5.28. The number of carboxylic acids is 1. The van der Waals surface area contributed by atoms with Gasteiger partial charge in [-0.05, 0) is 42.0 Å². The number of carboxylic acid groups (broad SMARTS) is 1. The average molecular weight is 395 g/mol. The van der Waals surface area contributed by atoms with Crippen molar-refractivity contribution in [3.63, 3.8) is 0 Å². The van der Waals surface area contributed by atoms with Crippen molar-refractivity contribution in [1.29, 1.82) is 0 Å². The minimum atomic E-state index is -0.892. The third kappa shape index (κ3) is 3.44. The molecule has 0 radical (unpaired) electrons. The van der Waals surface area contributed by atoms with Crippen LogP contribution in [-0.2, 0) is 11.2 Å². The topological polar surface area (TPSA) is 87.2 Å². The fourth-order valence-electron chi connectivity index (χ4n) is 2.75. The van der Waals surface area contributed by atoms with E-state index in [2.05, 4.69) is 9.98 Å². The van der Waals surface area contributed by atoms with Crippen molar-refractivity contribution in [3.05, 3.63) is 79.5 Å². The minimum absolute atomic E-state index is 0.00448. The molecule has 2 heterocycles. The van der Waals surface area contributed by atoms with E-state index in [4.69, 9.17) is 17.3 Å². The molecule has 0 saturated carbocycles. The van der Waals surface area contributed by atoms with Crippen LogP contribution in [0.1, 0.15) is 10.4 Å². The highest BCUT2D eigenvalue weighted by molar-refractivity contribution is 7.73. The van der Waals surface area contributed by atoms with Gasteiger partial charge in [0.2, 0.25) is 5.88 Å². The normalized spacial score (nSPS) is 12.2. The molecule has 2 N–H and O–H groups in total. The lowest BCUT2D eigenvalue weighted by Gasteiger charge is -2.05. The molecular formula is C19H13N3O3S2.